The molecular formula is C9H11NO2S. The van der Waals surface area contributed by atoms with Gasteiger partial charge in [0.1, 0.15) is 0 Å². The molecule has 0 bridgehead atoms. The first-order chi connectivity index (χ1) is 6.29. The average Bonchev–Trinajstić information content (AvgIpc) is 2.81. The number of rotatable bonds is 3. The predicted octanol–water partition coefficient (Wildman–Crippen LogP) is 1.88. The number of hydrogen-bond acceptors (Lipinski definition) is 4. The first kappa shape index (κ1) is 8.69. The fourth-order valence-corrected chi connectivity index (χ4v) is 2.05. The van der Waals surface area contributed by atoms with Gasteiger partial charge in [-0.3, -0.25) is 0 Å². The third-order valence-corrected chi connectivity index (χ3v) is 2.98. The molecule has 4 heteroatoms. The molecule has 0 saturated heterocycles. The average molecular weight is 197 g/mol. The summed E-state index contributed by atoms with van der Waals surface area (Å²) in [6, 6.07) is 0. The molecule has 1 fully saturated rings. The van der Waals surface area contributed by atoms with Crippen LogP contribution in [0.4, 0.5) is 0 Å². The van der Waals surface area contributed by atoms with E-state index in [1.165, 1.54) is 20.0 Å². The summed E-state index contributed by atoms with van der Waals surface area (Å²) in [7, 11) is 1.38. The summed E-state index contributed by atoms with van der Waals surface area (Å²) in [4.78, 5) is 15.3. The SMILES string of the molecule is COC(=O)c1csc(CC2CC2)n1. The van der Waals surface area contributed by atoms with Crippen molar-refractivity contribution in [1.29, 1.82) is 0 Å². The summed E-state index contributed by atoms with van der Waals surface area (Å²) in [6.07, 6.45) is 3.65. The highest BCUT2D eigenvalue weighted by molar-refractivity contribution is 7.09. The molecule has 1 saturated carbocycles. The van der Waals surface area contributed by atoms with E-state index in [0.717, 1.165) is 17.3 Å². The summed E-state index contributed by atoms with van der Waals surface area (Å²) in [6.45, 7) is 0. The van der Waals surface area contributed by atoms with Gasteiger partial charge in [-0.05, 0) is 18.8 Å². The van der Waals surface area contributed by atoms with E-state index < -0.39 is 0 Å². The van der Waals surface area contributed by atoms with Gasteiger partial charge in [-0.2, -0.15) is 0 Å². The molecule has 1 aromatic rings. The van der Waals surface area contributed by atoms with Gasteiger partial charge in [-0.25, -0.2) is 9.78 Å². The molecule has 0 N–H and O–H groups in total. The van der Waals surface area contributed by atoms with E-state index >= 15 is 0 Å². The van der Waals surface area contributed by atoms with Crippen LogP contribution in [0.2, 0.25) is 0 Å². The maximum Gasteiger partial charge on any atom is 0.357 e. The van der Waals surface area contributed by atoms with Gasteiger partial charge in [0.2, 0.25) is 0 Å². The molecule has 0 aliphatic heterocycles. The standard InChI is InChI=1S/C9H11NO2S/c1-12-9(11)7-5-13-8(10-7)4-6-2-3-6/h5-6H,2-4H2,1H3. The van der Waals surface area contributed by atoms with Crippen molar-refractivity contribution in [3.63, 3.8) is 0 Å². The van der Waals surface area contributed by atoms with Crippen LogP contribution in [0.15, 0.2) is 5.38 Å². The van der Waals surface area contributed by atoms with E-state index in [2.05, 4.69) is 9.72 Å². The Hall–Kier alpha value is -0.900. The smallest absolute Gasteiger partial charge is 0.357 e. The van der Waals surface area contributed by atoms with Crippen LogP contribution in [0.1, 0.15) is 28.3 Å². The Labute approximate surface area is 80.8 Å². The molecule has 70 valence electrons. The fourth-order valence-electron chi connectivity index (χ4n) is 1.17. The highest BCUT2D eigenvalue weighted by atomic mass is 32.1. The van der Waals surface area contributed by atoms with Crippen LogP contribution in [0, 0.1) is 5.92 Å². The maximum absolute atomic E-state index is 11.1. The van der Waals surface area contributed by atoms with Gasteiger partial charge < -0.3 is 4.74 Å². The number of carbonyl (C=O) groups excluding carboxylic acids is 1. The van der Waals surface area contributed by atoms with Gasteiger partial charge in [0.15, 0.2) is 5.69 Å². The maximum atomic E-state index is 11.1. The molecule has 0 radical (unpaired) electrons. The molecule has 1 aliphatic rings. The molecule has 1 aromatic heterocycles. The number of carbonyl (C=O) groups is 1. The number of hydrogen-bond donors (Lipinski definition) is 0. The van der Waals surface area contributed by atoms with Crippen molar-refractivity contribution in [2.24, 2.45) is 5.92 Å². The largest absolute Gasteiger partial charge is 0.464 e. The van der Waals surface area contributed by atoms with Crippen molar-refractivity contribution >= 4 is 17.3 Å². The molecule has 2 rings (SSSR count). The lowest BCUT2D eigenvalue weighted by atomic mass is 10.3. The Bertz CT molecular complexity index is 317. The van der Waals surface area contributed by atoms with E-state index in [1.807, 2.05) is 0 Å². The Kier molecular flexibility index (Phi) is 2.31. The lowest BCUT2D eigenvalue weighted by Crippen LogP contribution is -2.01. The Morgan fingerprint density at radius 1 is 1.77 bits per heavy atom. The number of nitrogens with zero attached hydrogens (tertiary/aromatic N) is 1. The highest BCUT2D eigenvalue weighted by Gasteiger charge is 2.23. The Balaban J connectivity index is 2.03. The van der Waals surface area contributed by atoms with Crippen molar-refractivity contribution in [2.75, 3.05) is 7.11 Å². The monoisotopic (exact) mass is 197 g/mol. The lowest BCUT2D eigenvalue weighted by molar-refractivity contribution is 0.0594. The second-order valence-corrected chi connectivity index (χ2v) is 4.21. The molecule has 0 aromatic carbocycles. The van der Waals surface area contributed by atoms with Crippen LogP contribution in [0.5, 0.6) is 0 Å². The van der Waals surface area contributed by atoms with Crippen LogP contribution in [-0.2, 0) is 11.2 Å². The van der Waals surface area contributed by atoms with Gasteiger partial charge in [0.25, 0.3) is 0 Å². The third-order valence-electron chi connectivity index (χ3n) is 2.11. The second kappa shape index (κ2) is 3.46. The van der Waals surface area contributed by atoms with Crippen LogP contribution in [0.3, 0.4) is 0 Å². The summed E-state index contributed by atoms with van der Waals surface area (Å²) in [5, 5.41) is 2.83. The van der Waals surface area contributed by atoms with E-state index in [4.69, 9.17) is 0 Å². The van der Waals surface area contributed by atoms with Gasteiger partial charge in [-0.15, -0.1) is 11.3 Å². The lowest BCUT2D eigenvalue weighted by Gasteiger charge is -1.92. The summed E-state index contributed by atoms with van der Waals surface area (Å²) in [5.41, 5.74) is 0.447. The van der Waals surface area contributed by atoms with E-state index in [1.54, 1.807) is 16.7 Å². The van der Waals surface area contributed by atoms with E-state index in [9.17, 15) is 4.79 Å². The first-order valence-corrected chi connectivity index (χ1v) is 5.20. The van der Waals surface area contributed by atoms with Crippen molar-refractivity contribution in [1.82, 2.24) is 4.98 Å². The second-order valence-electron chi connectivity index (χ2n) is 3.27. The number of methoxy groups -OCH3 is 1. The van der Waals surface area contributed by atoms with Crippen molar-refractivity contribution < 1.29 is 9.53 Å². The van der Waals surface area contributed by atoms with Gasteiger partial charge in [0.05, 0.1) is 12.1 Å². The van der Waals surface area contributed by atoms with Crippen molar-refractivity contribution in [3.05, 3.63) is 16.1 Å². The van der Waals surface area contributed by atoms with Crippen LogP contribution < -0.4 is 0 Å². The summed E-state index contributed by atoms with van der Waals surface area (Å²) >= 11 is 1.55. The number of ether oxygens (including phenoxy) is 1. The predicted molar refractivity (Wildman–Crippen MR) is 49.9 cm³/mol. The van der Waals surface area contributed by atoms with Gasteiger partial charge in [0, 0.05) is 11.8 Å². The first-order valence-electron chi connectivity index (χ1n) is 4.32. The molecule has 0 unspecified atom stereocenters. The highest BCUT2D eigenvalue weighted by Crippen LogP contribution is 2.33. The number of aromatic nitrogens is 1. The minimum atomic E-state index is -0.335. The fraction of sp³-hybridized carbons (Fsp3) is 0.556. The zero-order valence-electron chi connectivity index (χ0n) is 7.45. The Morgan fingerprint density at radius 2 is 2.54 bits per heavy atom. The summed E-state index contributed by atoms with van der Waals surface area (Å²) in [5.74, 6) is 0.481. The molecule has 3 nitrogen and oxygen atoms in total. The Morgan fingerprint density at radius 3 is 3.15 bits per heavy atom. The van der Waals surface area contributed by atoms with Crippen LogP contribution in [0.25, 0.3) is 0 Å². The molecule has 0 atom stereocenters. The normalized spacial score (nSPS) is 15.8. The zero-order chi connectivity index (χ0) is 9.26. The topological polar surface area (TPSA) is 39.2 Å². The molecule has 0 amide bonds. The zero-order valence-corrected chi connectivity index (χ0v) is 8.26. The minimum absolute atomic E-state index is 0.335. The molecule has 0 spiro atoms. The molecule has 1 aliphatic carbocycles. The van der Waals surface area contributed by atoms with Gasteiger partial charge >= 0.3 is 5.97 Å². The van der Waals surface area contributed by atoms with Crippen LogP contribution in [-0.4, -0.2) is 18.1 Å². The van der Waals surface area contributed by atoms with Gasteiger partial charge in [-0.1, -0.05) is 0 Å². The third kappa shape index (κ3) is 2.06. The summed E-state index contributed by atoms with van der Waals surface area (Å²) < 4.78 is 4.58. The van der Waals surface area contributed by atoms with Crippen molar-refractivity contribution in [2.45, 2.75) is 19.3 Å². The molecule has 1 heterocycles. The quantitative estimate of drug-likeness (QED) is 0.694. The van der Waals surface area contributed by atoms with E-state index in [0.29, 0.717) is 5.69 Å². The molecular weight excluding hydrogens is 186 g/mol. The minimum Gasteiger partial charge on any atom is -0.464 e. The van der Waals surface area contributed by atoms with Crippen molar-refractivity contribution in [3.8, 4) is 0 Å². The molecule has 13 heavy (non-hydrogen) atoms. The van der Waals surface area contributed by atoms with Crippen LogP contribution >= 0.6 is 11.3 Å². The number of thiazole rings is 1. The number of esters is 1. The van der Waals surface area contributed by atoms with E-state index in [-0.39, 0.29) is 5.97 Å².